The van der Waals surface area contributed by atoms with E-state index in [1.54, 1.807) is 6.20 Å². The topological polar surface area (TPSA) is 33.2 Å². The van der Waals surface area contributed by atoms with Crippen molar-refractivity contribution in [1.82, 2.24) is 9.88 Å². The van der Waals surface area contributed by atoms with E-state index in [0.717, 1.165) is 22.3 Å². The highest BCUT2D eigenvalue weighted by molar-refractivity contribution is 7.19. The van der Waals surface area contributed by atoms with E-state index in [4.69, 9.17) is 11.6 Å². The molecule has 1 fully saturated rings. The third-order valence-corrected chi connectivity index (χ3v) is 6.84. The van der Waals surface area contributed by atoms with E-state index in [0.29, 0.717) is 27.4 Å². The minimum Gasteiger partial charge on any atom is -0.332 e. The predicted octanol–water partition coefficient (Wildman–Crippen LogP) is 5.83. The van der Waals surface area contributed by atoms with Gasteiger partial charge >= 0.3 is 0 Å². The molecule has 3 aromatic rings. The summed E-state index contributed by atoms with van der Waals surface area (Å²) in [7, 11) is 0. The summed E-state index contributed by atoms with van der Waals surface area (Å²) in [6, 6.07) is 5.15. The Labute approximate surface area is 170 Å². The van der Waals surface area contributed by atoms with Crippen LogP contribution >= 0.6 is 22.9 Å². The summed E-state index contributed by atoms with van der Waals surface area (Å²) < 4.78 is 29.0. The summed E-state index contributed by atoms with van der Waals surface area (Å²) in [5.74, 6) is -0.565. The Hall–Kier alpha value is -2.05. The highest BCUT2D eigenvalue weighted by atomic mass is 35.5. The second-order valence-electron chi connectivity index (χ2n) is 7.14. The number of aromatic nitrogens is 1. The standard InChI is InChI=1S/C21H19ClF2N2OS/c1-11-7-13(22)8-16(12(11)2)15-5-6-25-20-19(24)17(28-21(15)20)10-26-14(9-23)3-4-18(26)27/h5-8,14H,3-4,9-10H2,1-2H3. The lowest BCUT2D eigenvalue weighted by Crippen LogP contribution is -2.33. The van der Waals surface area contributed by atoms with E-state index in [1.807, 2.05) is 32.0 Å². The number of nitrogens with zero attached hydrogens (tertiary/aromatic N) is 2. The maximum atomic E-state index is 15.1. The number of thiophene rings is 1. The molecule has 3 heterocycles. The van der Waals surface area contributed by atoms with Crippen molar-refractivity contribution in [2.45, 2.75) is 39.3 Å². The zero-order valence-electron chi connectivity index (χ0n) is 15.6. The van der Waals surface area contributed by atoms with Crippen molar-refractivity contribution in [3.05, 3.63) is 51.2 Å². The molecule has 4 rings (SSSR count). The molecule has 1 aliphatic rings. The molecule has 1 aliphatic heterocycles. The molecule has 3 nitrogen and oxygen atoms in total. The van der Waals surface area contributed by atoms with E-state index in [2.05, 4.69) is 4.98 Å². The van der Waals surface area contributed by atoms with Crippen LogP contribution in [0.1, 0.15) is 28.8 Å². The van der Waals surface area contributed by atoms with Crippen LogP contribution in [0.4, 0.5) is 8.78 Å². The van der Waals surface area contributed by atoms with Gasteiger partial charge in [-0.05, 0) is 55.2 Å². The highest BCUT2D eigenvalue weighted by Gasteiger charge is 2.32. The van der Waals surface area contributed by atoms with Crippen LogP contribution in [-0.2, 0) is 11.3 Å². The molecule has 1 saturated heterocycles. The molecule has 0 spiro atoms. The van der Waals surface area contributed by atoms with E-state index in [9.17, 15) is 9.18 Å². The smallest absolute Gasteiger partial charge is 0.223 e. The molecule has 2 aromatic heterocycles. The zero-order valence-corrected chi connectivity index (χ0v) is 17.1. The van der Waals surface area contributed by atoms with Crippen LogP contribution in [0.15, 0.2) is 24.4 Å². The molecule has 0 saturated carbocycles. The summed E-state index contributed by atoms with van der Waals surface area (Å²) in [5.41, 5.74) is 4.19. The summed E-state index contributed by atoms with van der Waals surface area (Å²) in [4.78, 5) is 18.2. The van der Waals surface area contributed by atoms with Gasteiger partial charge < -0.3 is 4.90 Å². The first-order valence-corrected chi connectivity index (χ1v) is 10.3. The molecule has 1 amide bonds. The maximum absolute atomic E-state index is 15.1. The van der Waals surface area contributed by atoms with Gasteiger partial charge in [0, 0.05) is 23.2 Å². The van der Waals surface area contributed by atoms with Gasteiger partial charge in [-0.1, -0.05) is 11.6 Å². The lowest BCUT2D eigenvalue weighted by molar-refractivity contribution is -0.129. The van der Waals surface area contributed by atoms with E-state index < -0.39 is 18.5 Å². The van der Waals surface area contributed by atoms with Crippen LogP contribution in [0.3, 0.4) is 0 Å². The number of carbonyl (C=O) groups is 1. The predicted molar refractivity (Wildman–Crippen MR) is 109 cm³/mol. The number of rotatable bonds is 4. The first kappa shape index (κ1) is 19.3. The first-order chi connectivity index (χ1) is 13.4. The van der Waals surface area contributed by atoms with Crippen molar-refractivity contribution in [1.29, 1.82) is 0 Å². The molecular weight excluding hydrogens is 402 g/mol. The summed E-state index contributed by atoms with van der Waals surface area (Å²) in [5, 5.41) is 0.619. The Morgan fingerprint density at radius 1 is 1.32 bits per heavy atom. The molecule has 1 aromatic carbocycles. The number of fused-ring (bicyclic) bond motifs is 1. The largest absolute Gasteiger partial charge is 0.332 e. The van der Waals surface area contributed by atoms with Crippen molar-refractivity contribution >= 4 is 39.1 Å². The Balaban J connectivity index is 1.82. The Morgan fingerprint density at radius 2 is 2.11 bits per heavy atom. The summed E-state index contributed by atoms with van der Waals surface area (Å²) >= 11 is 7.53. The number of hydrogen-bond donors (Lipinski definition) is 0. The SMILES string of the molecule is Cc1cc(Cl)cc(-c2ccnc3c(F)c(CN4C(=O)CCC4CF)sc23)c1C. The fourth-order valence-electron chi connectivity index (χ4n) is 3.74. The summed E-state index contributed by atoms with van der Waals surface area (Å²) in [6.07, 6.45) is 2.37. The maximum Gasteiger partial charge on any atom is 0.223 e. The third kappa shape index (κ3) is 3.18. The molecular formula is C21H19ClF2N2OS. The van der Waals surface area contributed by atoms with Crippen molar-refractivity contribution in [3.8, 4) is 11.1 Å². The average Bonchev–Trinajstić information content (AvgIpc) is 3.19. The highest BCUT2D eigenvalue weighted by Crippen LogP contribution is 2.40. The van der Waals surface area contributed by atoms with Crippen LogP contribution < -0.4 is 0 Å². The van der Waals surface area contributed by atoms with E-state index >= 15 is 4.39 Å². The quantitative estimate of drug-likeness (QED) is 0.531. The Kier molecular flexibility index (Phi) is 5.10. The van der Waals surface area contributed by atoms with Crippen LogP contribution in [0.5, 0.6) is 0 Å². The van der Waals surface area contributed by atoms with Crippen molar-refractivity contribution in [3.63, 3.8) is 0 Å². The van der Waals surface area contributed by atoms with Crippen LogP contribution in [0.25, 0.3) is 21.3 Å². The van der Waals surface area contributed by atoms with Gasteiger partial charge in [-0.3, -0.25) is 9.78 Å². The van der Waals surface area contributed by atoms with Gasteiger partial charge in [0.15, 0.2) is 5.82 Å². The normalized spacial score (nSPS) is 17.1. The molecule has 28 heavy (non-hydrogen) atoms. The number of carbonyl (C=O) groups excluding carboxylic acids is 1. The van der Waals surface area contributed by atoms with Gasteiger partial charge in [-0.15, -0.1) is 11.3 Å². The van der Waals surface area contributed by atoms with Gasteiger partial charge in [0.2, 0.25) is 5.91 Å². The minimum atomic E-state index is -0.608. The van der Waals surface area contributed by atoms with Crippen molar-refractivity contribution in [2.24, 2.45) is 0 Å². The van der Waals surface area contributed by atoms with Crippen LogP contribution in [0.2, 0.25) is 5.02 Å². The minimum absolute atomic E-state index is 0.0767. The Morgan fingerprint density at radius 3 is 2.86 bits per heavy atom. The lowest BCUT2D eigenvalue weighted by atomic mass is 9.97. The monoisotopic (exact) mass is 420 g/mol. The number of likely N-dealkylation sites (tertiary alicyclic amines) is 1. The van der Waals surface area contributed by atoms with Crippen molar-refractivity contribution < 1.29 is 13.6 Å². The molecule has 0 N–H and O–H groups in total. The number of aryl methyl sites for hydroxylation is 1. The molecule has 0 radical (unpaired) electrons. The molecule has 0 aliphatic carbocycles. The van der Waals surface area contributed by atoms with Gasteiger partial charge in [0.25, 0.3) is 0 Å². The molecule has 7 heteroatoms. The van der Waals surface area contributed by atoms with Gasteiger partial charge in [-0.25, -0.2) is 8.78 Å². The van der Waals surface area contributed by atoms with Gasteiger partial charge in [0.05, 0.1) is 22.2 Å². The van der Waals surface area contributed by atoms with Gasteiger partial charge in [-0.2, -0.15) is 0 Å². The number of halogens is 3. The fourth-order valence-corrected chi connectivity index (χ4v) is 5.18. The number of alkyl halides is 1. The Bertz CT molecular complexity index is 1080. The lowest BCUT2D eigenvalue weighted by Gasteiger charge is -2.21. The third-order valence-electron chi connectivity index (χ3n) is 5.45. The second kappa shape index (κ2) is 7.41. The number of hydrogen-bond acceptors (Lipinski definition) is 3. The molecule has 146 valence electrons. The van der Waals surface area contributed by atoms with Crippen molar-refractivity contribution in [2.75, 3.05) is 6.67 Å². The van der Waals surface area contributed by atoms with Crippen LogP contribution in [-0.4, -0.2) is 28.5 Å². The molecule has 1 atom stereocenters. The summed E-state index contributed by atoms with van der Waals surface area (Å²) in [6.45, 7) is 3.46. The zero-order chi connectivity index (χ0) is 20.0. The fraction of sp³-hybridized carbons (Fsp3) is 0.333. The van der Waals surface area contributed by atoms with Gasteiger partial charge in [0.1, 0.15) is 12.2 Å². The second-order valence-corrected chi connectivity index (χ2v) is 8.68. The number of benzene rings is 1. The van der Waals surface area contributed by atoms with E-state index in [1.165, 1.54) is 16.2 Å². The number of amides is 1. The van der Waals surface area contributed by atoms with Crippen LogP contribution in [0, 0.1) is 19.7 Å². The molecule has 1 unspecified atom stereocenters. The first-order valence-electron chi connectivity index (χ1n) is 9.09. The average molecular weight is 421 g/mol. The number of pyridine rings is 1. The molecule has 0 bridgehead atoms. The van der Waals surface area contributed by atoms with E-state index in [-0.39, 0.29) is 18.0 Å².